The third kappa shape index (κ3) is 2.53. The van der Waals surface area contributed by atoms with E-state index < -0.39 is 0 Å². The van der Waals surface area contributed by atoms with Gasteiger partial charge in [-0.1, -0.05) is 18.2 Å². The number of Topliss-reactive ketones (excluding diaryl/α,β-unsaturated/α-hetero) is 1. The zero-order valence-electron chi connectivity index (χ0n) is 11.4. The molecule has 0 saturated heterocycles. The quantitative estimate of drug-likeness (QED) is 0.724. The third-order valence-electron chi connectivity index (χ3n) is 3.22. The smallest absolute Gasteiger partial charge is 0.257 e. The van der Waals surface area contributed by atoms with Crippen molar-refractivity contribution in [3.05, 3.63) is 59.9 Å². The molecule has 0 radical (unpaired) electrons. The highest BCUT2D eigenvalue weighted by atomic mass is 16.1. The van der Waals surface area contributed by atoms with Crippen LogP contribution >= 0.6 is 0 Å². The van der Waals surface area contributed by atoms with Gasteiger partial charge in [0.05, 0.1) is 17.4 Å². The fourth-order valence-electron chi connectivity index (χ4n) is 2.16. The van der Waals surface area contributed by atoms with Gasteiger partial charge in [0.25, 0.3) is 5.91 Å². The Bertz CT molecular complexity index is 836. The van der Waals surface area contributed by atoms with Crippen LogP contribution in [0.4, 0.5) is 5.69 Å². The molecule has 104 valence electrons. The number of imidazole rings is 1. The number of nitrogens with one attached hydrogen (secondary N) is 2. The minimum atomic E-state index is -0.256. The van der Waals surface area contributed by atoms with Gasteiger partial charge in [0.15, 0.2) is 5.78 Å². The highest BCUT2D eigenvalue weighted by Gasteiger charge is 2.12. The van der Waals surface area contributed by atoms with Crippen LogP contribution in [0.15, 0.2) is 48.8 Å². The maximum atomic E-state index is 12.4. The molecule has 5 nitrogen and oxygen atoms in total. The van der Waals surface area contributed by atoms with Crippen LogP contribution in [0, 0.1) is 0 Å². The number of H-pyrrole nitrogens is 1. The van der Waals surface area contributed by atoms with Crippen LogP contribution in [0.2, 0.25) is 0 Å². The zero-order chi connectivity index (χ0) is 14.8. The molecule has 0 aliphatic rings. The first kappa shape index (κ1) is 13.1. The zero-order valence-corrected chi connectivity index (χ0v) is 11.4. The standard InChI is InChI=1S/C16H13N3O2/c1-10(20)11-4-2-5-12(8-11)19-16(21)13-6-3-7-14-15(13)18-9-17-14/h2-9H,1H3,(H,17,18)(H,19,21). The minimum absolute atomic E-state index is 0.0412. The Balaban J connectivity index is 1.91. The molecule has 3 rings (SSSR count). The van der Waals surface area contributed by atoms with E-state index in [4.69, 9.17) is 0 Å². The van der Waals surface area contributed by atoms with Crippen molar-refractivity contribution in [2.75, 3.05) is 5.32 Å². The number of hydrogen-bond donors (Lipinski definition) is 2. The van der Waals surface area contributed by atoms with Crippen LogP contribution in [-0.2, 0) is 0 Å². The number of carbonyl (C=O) groups excluding carboxylic acids is 2. The Labute approximate surface area is 121 Å². The number of fused-ring (bicyclic) bond motifs is 1. The van der Waals surface area contributed by atoms with Gasteiger partial charge in [-0.3, -0.25) is 9.59 Å². The average Bonchev–Trinajstić information content (AvgIpc) is 2.95. The van der Waals surface area contributed by atoms with Crippen molar-refractivity contribution in [2.45, 2.75) is 6.92 Å². The third-order valence-corrected chi connectivity index (χ3v) is 3.22. The Morgan fingerprint density at radius 3 is 2.76 bits per heavy atom. The van der Waals surface area contributed by atoms with E-state index in [1.165, 1.54) is 6.92 Å². The van der Waals surface area contributed by atoms with E-state index in [2.05, 4.69) is 15.3 Å². The van der Waals surface area contributed by atoms with Crippen molar-refractivity contribution in [1.29, 1.82) is 0 Å². The van der Waals surface area contributed by atoms with Crippen molar-refractivity contribution < 1.29 is 9.59 Å². The second-order valence-corrected chi connectivity index (χ2v) is 4.70. The summed E-state index contributed by atoms with van der Waals surface area (Å²) < 4.78 is 0. The Hall–Kier alpha value is -2.95. The number of nitrogens with zero attached hydrogens (tertiary/aromatic N) is 1. The lowest BCUT2D eigenvalue weighted by Gasteiger charge is -2.07. The van der Waals surface area contributed by atoms with Crippen molar-refractivity contribution in [3.63, 3.8) is 0 Å². The Kier molecular flexibility index (Phi) is 3.23. The van der Waals surface area contributed by atoms with E-state index in [-0.39, 0.29) is 11.7 Å². The van der Waals surface area contributed by atoms with Gasteiger partial charge in [-0.15, -0.1) is 0 Å². The number of para-hydroxylation sites is 1. The van der Waals surface area contributed by atoms with E-state index in [1.54, 1.807) is 42.7 Å². The summed E-state index contributed by atoms with van der Waals surface area (Å²) in [7, 11) is 0. The summed E-state index contributed by atoms with van der Waals surface area (Å²) >= 11 is 0. The van der Waals surface area contributed by atoms with Gasteiger partial charge in [-0.2, -0.15) is 0 Å². The summed E-state index contributed by atoms with van der Waals surface area (Å²) in [6, 6.07) is 12.2. The van der Waals surface area contributed by atoms with Crippen molar-refractivity contribution in [2.24, 2.45) is 0 Å². The lowest BCUT2D eigenvalue weighted by Crippen LogP contribution is -2.12. The number of aromatic nitrogens is 2. The average molecular weight is 279 g/mol. The summed E-state index contributed by atoms with van der Waals surface area (Å²) in [4.78, 5) is 30.8. The number of carbonyl (C=O) groups is 2. The summed E-state index contributed by atoms with van der Waals surface area (Å²) in [5, 5.41) is 2.79. The molecule has 0 aliphatic carbocycles. The topological polar surface area (TPSA) is 74.8 Å². The van der Waals surface area contributed by atoms with Crippen LogP contribution in [-0.4, -0.2) is 21.7 Å². The molecule has 1 aromatic heterocycles. The largest absolute Gasteiger partial charge is 0.345 e. The van der Waals surface area contributed by atoms with Gasteiger partial charge in [-0.05, 0) is 31.2 Å². The molecule has 0 aliphatic heterocycles. The van der Waals surface area contributed by atoms with Crippen molar-refractivity contribution >= 4 is 28.4 Å². The molecule has 1 heterocycles. The molecule has 2 N–H and O–H groups in total. The number of aromatic amines is 1. The lowest BCUT2D eigenvalue weighted by atomic mass is 10.1. The molecule has 1 amide bonds. The second kappa shape index (κ2) is 5.20. The number of rotatable bonds is 3. The number of hydrogen-bond acceptors (Lipinski definition) is 3. The normalized spacial score (nSPS) is 10.5. The van der Waals surface area contributed by atoms with Crippen molar-refractivity contribution in [1.82, 2.24) is 9.97 Å². The molecule has 2 aromatic carbocycles. The fraction of sp³-hybridized carbons (Fsp3) is 0.0625. The summed E-state index contributed by atoms with van der Waals surface area (Å²) in [6.07, 6.45) is 1.55. The van der Waals surface area contributed by atoms with Crippen molar-refractivity contribution in [3.8, 4) is 0 Å². The van der Waals surface area contributed by atoms with E-state index in [0.717, 1.165) is 5.52 Å². The maximum absolute atomic E-state index is 12.4. The highest BCUT2D eigenvalue weighted by molar-refractivity contribution is 6.11. The van der Waals surface area contributed by atoms with Gasteiger partial charge in [0.1, 0.15) is 5.52 Å². The lowest BCUT2D eigenvalue weighted by molar-refractivity contribution is 0.101. The Morgan fingerprint density at radius 2 is 1.95 bits per heavy atom. The van der Waals surface area contributed by atoms with Gasteiger partial charge < -0.3 is 10.3 Å². The summed E-state index contributed by atoms with van der Waals surface area (Å²) in [5.74, 6) is -0.297. The minimum Gasteiger partial charge on any atom is -0.345 e. The van der Waals surface area contributed by atoms with Gasteiger partial charge in [0.2, 0.25) is 0 Å². The predicted molar refractivity (Wildman–Crippen MR) is 80.5 cm³/mol. The SMILES string of the molecule is CC(=O)c1cccc(NC(=O)c2cccc3[nH]cnc23)c1. The van der Waals surface area contributed by atoms with E-state index >= 15 is 0 Å². The molecule has 0 spiro atoms. The summed E-state index contributed by atoms with van der Waals surface area (Å²) in [5.41, 5.74) is 3.06. The molecule has 0 bridgehead atoms. The molecule has 0 saturated carbocycles. The number of ketones is 1. The molecule has 21 heavy (non-hydrogen) atoms. The summed E-state index contributed by atoms with van der Waals surface area (Å²) in [6.45, 7) is 1.49. The first-order valence-electron chi connectivity index (χ1n) is 6.49. The monoisotopic (exact) mass is 279 g/mol. The van der Waals surface area contributed by atoms with Crippen LogP contribution in [0.3, 0.4) is 0 Å². The first-order valence-corrected chi connectivity index (χ1v) is 6.49. The fourth-order valence-corrected chi connectivity index (χ4v) is 2.16. The number of anilines is 1. The Morgan fingerprint density at radius 1 is 1.14 bits per heavy atom. The molecule has 5 heteroatoms. The van der Waals surface area contributed by atoms with E-state index in [0.29, 0.717) is 22.3 Å². The number of benzene rings is 2. The van der Waals surface area contributed by atoms with E-state index in [1.807, 2.05) is 6.07 Å². The molecule has 0 atom stereocenters. The molecule has 3 aromatic rings. The van der Waals surface area contributed by atoms with Crippen LogP contribution < -0.4 is 5.32 Å². The van der Waals surface area contributed by atoms with E-state index in [9.17, 15) is 9.59 Å². The first-order chi connectivity index (χ1) is 10.1. The maximum Gasteiger partial charge on any atom is 0.257 e. The molecular weight excluding hydrogens is 266 g/mol. The predicted octanol–water partition coefficient (Wildman–Crippen LogP) is 3.02. The van der Waals surface area contributed by atoms with Gasteiger partial charge >= 0.3 is 0 Å². The van der Waals surface area contributed by atoms with Gasteiger partial charge in [0, 0.05) is 11.3 Å². The van der Waals surface area contributed by atoms with Crippen LogP contribution in [0.1, 0.15) is 27.6 Å². The van der Waals surface area contributed by atoms with Gasteiger partial charge in [-0.25, -0.2) is 4.98 Å². The molecular formula is C16H13N3O2. The molecule has 0 unspecified atom stereocenters. The second-order valence-electron chi connectivity index (χ2n) is 4.70. The van der Waals surface area contributed by atoms with Crippen LogP contribution in [0.5, 0.6) is 0 Å². The van der Waals surface area contributed by atoms with Crippen LogP contribution in [0.25, 0.3) is 11.0 Å². The highest BCUT2D eigenvalue weighted by Crippen LogP contribution is 2.17. The molecule has 0 fully saturated rings. The number of amides is 1.